The van der Waals surface area contributed by atoms with E-state index in [0.717, 1.165) is 12.1 Å². The lowest BCUT2D eigenvalue weighted by Crippen LogP contribution is -2.40. The first-order valence-corrected chi connectivity index (χ1v) is 6.06. The van der Waals surface area contributed by atoms with Gasteiger partial charge in [-0.05, 0) is 44.5 Å². The lowest BCUT2D eigenvalue weighted by molar-refractivity contribution is -0.137. The standard InChI is InChI=1S/C13H16F4N2O2/c1-12(2,3)21-11(20)19-18-7-8-4-9(13(15,16)17)6-10(14)5-8/h4-6,18H,7H2,1-3H3,(H,19,20). The normalized spacial score (nSPS) is 12.1. The van der Waals surface area contributed by atoms with Crippen molar-refractivity contribution in [2.24, 2.45) is 0 Å². The van der Waals surface area contributed by atoms with Crippen LogP contribution in [0.1, 0.15) is 31.9 Å². The largest absolute Gasteiger partial charge is 0.443 e. The minimum Gasteiger partial charge on any atom is -0.443 e. The van der Waals surface area contributed by atoms with Crippen LogP contribution in [-0.4, -0.2) is 11.7 Å². The molecule has 0 aromatic heterocycles. The quantitative estimate of drug-likeness (QED) is 0.665. The molecule has 0 saturated carbocycles. The fraction of sp³-hybridized carbons (Fsp3) is 0.462. The first kappa shape index (κ1) is 17.2. The van der Waals surface area contributed by atoms with Gasteiger partial charge in [0.2, 0.25) is 0 Å². The highest BCUT2D eigenvalue weighted by Gasteiger charge is 2.31. The summed E-state index contributed by atoms with van der Waals surface area (Å²) in [5, 5.41) is 0. The average molecular weight is 308 g/mol. The van der Waals surface area contributed by atoms with Crippen molar-refractivity contribution in [3.05, 3.63) is 35.1 Å². The van der Waals surface area contributed by atoms with E-state index in [1.54, 1.807) is 20.8 Å². The fourth-order valence-corrected chi connectivity index (χ4v) is 1.44. The topological polar surface area (TPSA) is 50.4 Å². The number of hydrogen-bond donors (Lipinski definition) is 2. The number of rotatable bonds is 3. The van der Waals surface area contributed by atoms with E-state index >= 15 is 0 Å². The molecule has 1 rings (SSSR count). The van der Waals surface area contributed by atoms with E-state index in [1.165, 1.54) is 0 Å². The Morgan fingerprint density at radius 1 is 1.19 bits per heavy atom. The van der Waals surface area contributed by atoms with Gasteiger partial charge in [-0.25, -0.2) is 14.6 Å². The maximum absolute atomic E-state index is 13.1. The average Bonchev–Trinajstić information content (AvgIpc) is 2.24. The third kappa shape index (κ3) is 6.44. The highest BCUT2D eigenvalue weighted by Crippen LogP contribution is 2.30. The second-order valence-corrected chi connectivity index (χ2v) is 5.33. The Balaban J connectivity index is 2.60. The molecular weight excluding hydrogens is 292 g/mol. The van der Waals surface area contributed by atoms with Crippen molar-refractivity contribution in [1.82, 2.24) is 10.9 Å². The summed E-state index contributed by atoms with van der Waals surface area (Å²) in [5.74, 6) is -1.00. The van der Waals surface area contributed by atoms with Gasteiger partial charge in [0, 0.05) is 6.54 Å². The van der Waals surface area contributed by atoms with Crippen LogP contribution >= 0.6 is 0 Å². The van der Waals surface area contributed by atoms with Gasteiger partial charge in [0.1, 0.15) is 11.4 Å². The van der Waals surface area contributed by atoms with Crippen LogP contribution in [0.25, 0.3) is 0 Å². The van der Waals surface area contributed by atoms with Crippen LogP contribution in [0.4, 0.5) is 22.4 Å². The Hall–Kier alpha value is -1.83. The second-order valence-electron chi connectivity index (χ2n) is 5.33. The van der Waals surface area contributed by atoms with Crippen molar-refractivity contribution in [2.75, 3.05) is 0 Å². The van der Waals surface area contributed by atoms with Crippen LogP contribution in [0, 0.1) is 5.82 Å². The van der Waals surface area contributed by atoms with Gasteiger partial charge in [0.15, 0.2) is 0 Å². The zero-order valence-electron chi connectivity index (χ0n) is 11.8. The number of halogens is 4. The first-order chi connectivity index (χ1) is 9.47. The van der Waals surface area contributed by atoms with Crippen LogP contribution in [0.2, 0.25) is 0 Å². The van der Waals surface area contributed by atoms with Gasteiger partial charge in [-0.3, -0.25) is 5.43 Å². The van der Waals surface area contributed by atoms with Crippen LogP contribution in [0.15, 0.2) is 18.2 Å². The minimum absolute atomic E-state index is 0.0402. The number of carbonyl (C=O) groups excluding carboxylic acids is 1. The van der Waals surface area contributed by atoms with Crippen molar-refractivity contribution in [2.45, 2.75) is 39.1 Å². The molecule has 0 radical (unpaired) electrons. The molecule has 118 valence electrons. The van der Waals surface area contributed by atoms with Gasteiger partial charge >= 0.3 is 12.3 Å². The number of benzene rings is 1. The maximum Gasteiger partial charge on any atom is 0.422 e. The number of alkyl halides is 3. The molecule has 0 heterocycles. The zero-order chi connectivity index (χ0) is 16.3. The van der Waals surface area contributed by atoms with Gasteiger partial charge in [0.25, 0.3) is 0 Å². The molecule has 0 fully saturated rings. The van der Waals surface area contributed by atoms with Gasteiger partial charge in [-0.1, -0.05) is 0 Å². The number of hydrogen-bond acceptors (Lipinski definition) is 3. The Labute approximate surface area is 119 Å². The molecule has 4 nitrogen and oxygen atoms in total. The predicted molar refractivity (Wildman–Crippen MR) is 67.6 cm³/mol. The fourth-order valence-electron chi connectivity index (χ4n) is 1.44. The molecule has 1 aromatic rings. The highest BCUT2D eigenvalue weighted by atomic mass is 19.4. The van der Waals surface area contributed by atoms with Gasteiger partial charge in [-0.15, -0.1) is 0 Å². The molecule has 8 heteroatoms. The van der Waals surface area contributed by atoms with Crippen molar-refractivity contribution < 1.29 is 27.1 Å². The number of ether oxygens (including phenoxy) is 1. The van der Waals surface area contributed by atoms with Gasteiger partial charge in [0.05, 0.1) is 5.56 Å². The third-order valence-electron chi connectivity index (χ3n) is 2.17. The van der Waals surface area contributed by atoms with E-state index in [9.17, 15) is 22.4 Å². The Kier molecular flexibility index (Phi) is 5.16. The van der Waals surface area contributed by atoms with Crippen LogP contribution in [-0.2, 0) is 17.5 Å². The van der Waals surface area contributed by atoms with E-state index in [0.29, 0.717) is 6.07 Å². The number of amides is 1. The summed E-state index contributed by atoms with van der Waals surface area (Å²) in [5.41, 5.74) is 2.78. The molecule has 0 spiro atoms. The smallest absolute Gasteiger partial charge is 0.422 e. The molecule has 0 aliphatic heterocycles. The van der Waals surface area contributed by atoms with Crippen molar-refractivity contribution in [3.63, 3.8) is 0 Å². The van der Waals surface area contributed by atoms with Crippen LogP contribution < -0.4 is 10.9 Å². The number of hydrazine groups is 1. The Morgan fingerprint density at radius 2 is 1.81 bits per heavy atom. The minimum atomic E-state index is -4.63. The van der Waals surface area contributed by atoms with Gasteiger partial charge < -0.3 is 4.74 Å². The maximum atomic E-state index is 13.1. The molecular formula is C13H16F4N2O2. The molecule has 2 N–H and O–H groups in total. The van der Waals surface area contributed by atoms with E-state index in [1.807, 2.05) is 0 Å². The van der Waals surface area contributed by atoms with Crippen LogP contribution in [0.3, 0.4) is 0 Å². The second kappa shape index (κ2) is 6.30. The first-order valence-electron chi connectivity index (χ1n) is 6.06. The van der Waals surface area contributed by atoms with E-state index in [2.05, 4.69) is 10.9 Å². The lowest BCUT2D eigenvalue weighted by Gasteiger charge is -2.19. The Bertz CT molecular complexity index is 510. The molecule has 1 amide bonds. The highest BCUT2D eigenvalue weighted by molar-refractivity contribution is 5.66. The van der Waals surface area contributed by atoms with Crippen molar-refractivity contribution in [1.29, 1.82) is 0 Å². The van der Waals surface area contributed by atoms with Crippen LogP contribution in [0.5, 0.6) is 0 Å². The molecule has 21 heavy (non-hydrogen) atoms. The number of nitrogens with one attached hydrogen (secondary N) is 2. The summed E-state index contributed by atoms with van der Waals surface area (Å²) in [6, 6.07) is 2.15. The lowest BCUT2D eigenvalue weighted by atomic mass is 10.1. The molecule has 0 aliphatic carbocycles. The molecule has 0 aliphatic rings. The van der Waals surface area contributed by atoms with E-state index < -0.39 is 29.3 Å². The summed E-state index contributed by atoms with van der Waals surface area (Å²) in [4.78, 5) is 11.3. The molecule has 0 unspecified atom stereocenters. The predicted octanol–water partition coefficient (Wildman–Crippen LogP) is 3.37. The van der Waals surface area contributed by atoms with E-state index in [4.69, 9.17) is 4.74 Å². The summed E-state index contributed by atoms with van der Waals surface area (Å²) in [6.07, 6.45) is -5.41. The summed E-state index contributed by atoms with van der Waals surface area (Å²) in [6.45, 7) is 4.80. The molecule has 0 bridgehead atoms. The number of carbonyl (C=O) groups is 1. The van der Waals surface area contributed by atoms with Gasteiger partial charge in [-0.2, -0.15) is 13.2 Å². The Morgan fingerprint density at radius 3 is 2.33 bits per heavy atom. The third-order valence-corrected chi connectivity index (χ3v) is 2.17. The summed E-state index contributed by atoms with van der Waals surface area (Å²) < 4.78 is 55.6. The van der Waals surface area contributed by atoms with Crippen molar-refractivity contribution >= 4 is 6.09 Å². The monoisotopic (exact) mass is 308 g/mol. The van der Waals surface area contributed by atoms with E-state index in [-0.39, 0.29) is 12.1 Å². The molecule has 1 aromatic carbocycles. The molecule has 0 atom stereocenters. The summed E-state index contributed by atoms with van der Waals surface area (Å²) in [7, 11) is 0. The zero-order valence-corrected chi connectivity index (χ0v) is 11.8. The summed E-state index contributed by atoms with van der Waals surface area (Å²) >= 11 is 0. The van der Waals surface area contributed by atoms with Crippen molar-refractivity contribution in [3.8, 4) is 0 Å². The SMILES string of the molecule is CC(C)(C)OC(=O)NNCc1cc(F)cc(C(F)(F)F)c1. The molecule has 0 saturated heterocycles.